The quantitative estimate of drug-likeness (QED) is 0.459. The van der Waals surface area contributed by atoms with Crippen LogP contribution in [-0.4, -0.2) is 20.7 Å². The number of rotatable bonds is 4. The molecule has 0 saturated heterocycles. The number of pyridine rings is 1. The fraction of sp³-hybridized carbons (Fsp3) is 0.136. The zero-order valence-corrected chi connectivity index (χ0v) is 17.4. The van der Waals surface area contributed by atoms with Gasteiger partial charge in [-0.1, -0.05) is 59.1 Å². The van der Waals surface area contributed by atoms with Gasteiger partial charge in [-0.25, -0.2) is 9.67 Å². The minimum absolute atomic E-state index is 0.0114. The zero-order valence-electron chi connectivity index (χ0n) is 15.9. The third-order valence-electron chi connectivity index (χ3n) is 4.69. The predicted molar refractivity (Wildman–Crippen MR) is 118 cm³/mol. The van der Waals surface area contributed by atoms with Crippen LogP contribution in [0.5, 0.6) is 0 Å². The van der Waals surface area contributed by atoms with E-state index in [0.29, 0.717) is 21.4 Å². The van der Waals surface area contributed by atoms with Gasteiger partial charge in [-0.2, -0.15) is 5.10 Å². The smallest absolute Gasteiger partial charge is 0.246 e. The highest BCUT2D eigenvalue weighted by Gasteiger charge is 2.16. The molecule has 7 heteroatoms. The lowest BCUT2D eigenvalue weighted by molar-refractivity contribution is -0.116. The van der Waals surface area contributed by atoms with E-state index in [-0.39, 0.29) is 12.5 Å². The van der Waals surface area contributed by atoms with Crippen LogP contribution < -0.4 is 5.32 Å². The minimum atomic E-state index is -0.263. The second kappa shape index (κ2) is 7.85. The molecule has 0 bridgehead atoms. The monoisotopic (exact) mass is 424 g/mol. The number of nitrogens with zero attached hydrogens (tertiary/aromatic N) is 3. The van der Waals surface area contributed by atoms with Crippen LogP contribution >= 0.6 is 23.2 Å². The average Bonchev–Trinajstić information content (AvgIpc) is 3.02. The summed E-state index contributed by atoms with van der Waals surface area (Å²) < 4.78 is 1.61. The summed E-state index contributed by atoms with van der Waals surface area (Å²) in [4.78, 5) is 17.1. The van der Waals surface area contributed by atoms with Gasteiger partial charge in [0.05, 0.1) is 21.4 Å². The Labute approximate surface area is 178 Å². The van der Waals surface area contributed by atoms with Crippen LogP contribution in [0.15, 0.2) is 54.7 Å². The summed E-state index contributed by atoms with van der Waals surface area (Å²) in [5.74, 6) is -0.263. The van der Waals surface area contributed by atoms with E-state index in [2.05, 4.69) is 46.6 Å². The van der Waals surface area contributed by atoms with Crippen LogP contribution in [0.3, 0.4) is 0 Å². The fourth-order valence-corrected chi connectivity index (χ4v) is 3.64. The van der Waals surface area contributed by atoms with E-state index < -0.39 is 0 Å². The van der Waals surface area contributed by atoms with Gasteiger partial charge in [0.1, 0.15) is 6.54 Å². The van der Waals surface area contributed by atoms with Crippen molar-refractivity contribution in [2.24, 2.45) is 0 Å². The first-order valence-corrected chi connectivity index (χ1v) is 9.82. The Hall–Kier alpha value is -2.89. The molecule has 0 spiro atoms. The van der Waals surface area contributed by atoms with Crippen molar-refractivity contribution in [1.82, 2.24) is 14.8 Å². The fourth-order valence-electron chi connectivity index (χ4n) is 3.29. The molecule has 0 fully saturated rings. The van der Waals surface area contributed by atoms with Gasteiger partial charge in [0.25, 0.3) is 0 Å². The summed E-state index contributed by atoms with van der Waals surface area (Å²) in [5, 5.41) is 8.96. The van der Waals surface area contributed by atoms with Gasteiger partial charge < -0.3 is 5.32 Å². The number of hydrogen-bond donors (Lipinski definition) is 1. The molecule has 29 heavy (non-hydrogen) atoms. The molecule has 0 aliphatic carbocycles. The largest absolute Gasteiger partial charge is 0.323 e. The van der Waals surface area contributed by atoms with E-state index in [0.717, 1.165) is 22.2 Å². The van der Waals surface area contributed by atoms with Crippen molar-refractivity contribution in [3.63, 3.8) is 0 Å². The lowest BCUT2D eigenvalue weighted by Crippen LogP contribution is -2.20. The number of amides is 1. The normalized spacial score (nSPS) is 11.0. The number of aryl methyl sites for hydroxylation is 2. The lowest BCUT2D eigenvalue weighted by atomic mass is 10.0. The zero-order chi connectivity index (χ0) is 20.5. The Bertz CT molecular complexity index is 1220. The Morgan fingerprint density at radius 3 is 2.59 bits per heavy atom. The number of aromatic nitrogens is 3. The number of carbonyl (C=O) groups is 1. The number of nitrogens with one attached hydrogen (secondary N) is 1. The maximum atomic E-state index is 12.6. The number of benzene rings is 2. The van der Waals surface area contributed by atoms with Gasteiger partial charge in [-0.3, -0.25) is 4.79 Å². The van der Waals surface area contributed by atoms with Gasteiger partial charge in [0, 0.05) is 11.6 Å². The maximum Gasteiger partial charge on any atom is 0.246 e. The van der Waals surface area contributed by atoms with Crippen molar-refractivity contribution in [2.75, 3.05) is 5.32 Å². The molecule has 146 valence electrons. The summed E-state index contributed by atoms with van der Waals surface area (Å²) in [7, 11) is 0. The molecule has 2 aromatic carbocycles. The summed E-state index contributed by atoms with van der Waals surface area (Å²) in [5.41, 5.74) is 5.26. The van der Waals surface area contributed by atoms with E-state index in [4.69, 9.17) is 23.2 Å². The molecule has 4 aromatic rings. The number of anilines is 1. The van der Waals surface area contributed by atoms with Crippen LogP contribution in [0.4, 0.5) is 5.69 Å². The van der Waals surface area contributed by atoms with Gasteiger partial charge in [-0.15, -0.1) is 0 Å². The molecular formula is C22H18Cl2N4O. The van der Waals surface area contributed by atoms with E-state index in [9.17, 15) is 4.79 Å². The van der Waals surface area contributed by atoms with E-state index >= 15 is 0 Å². The molecule has 0 aliphatic heterocycles. The lowest BCUT2D eigenvalue weighted by Gasteiger charge is -2.09. The molecule has 5 nitrogen and oxygen atoms in total. The number of hydrogen-bond acceptors (Lipinski definition) is 3. The second-order valence-electron chi connectivity index (χ2n) is 6.82. The molecule has 1 N–H and O–H groups in total. The van der Waals surface area contributed by atoms with Crippen molar-refractivity contribution in [2.45, 2.75) is 20.4 Å². The molecule has 1 amide bonds. The highest BCUT2D eigenvalue weighted by atomic mass is 35.5. The van der Waals surface area contributed by atoms with Crippen molar-refractivity contribution >= 4 is 45.8 Å². The Morgan fingerprint density at radius 1 is 1.07 bits per heavy atom. The molecule has 0 atom stereocenters. The Balaban J connectivity index is 1.67. The van der Waals surface area contributed by atoms with E-state index in [1.54, 1.807) is 29.1 Å². The highest BCUT2D eigenvalue weighted by molar-refractivity contribution is 6.44. The van der Waals surface area contributed by atoms with Gasteiger partial charge >= 0.3 is 0 Å². The number of halogens is 2. The first kappa shape index (κ1) is 19.4. The molecular weight excluding hydrogens is 407 g/mol. The molecule has 2 heterocycles. The van der Waals surface area contributed by atoms with Crippen LogP contribution in [0, 0.1) is 13.8 Å². The molecule has 4 rings (SSSR count). The third-order valence-corrected chi connectivity index (χ3v) is 5.51. The van der Waals surface area contributed by atoms with Crippen molar-refractivity contribution < 1.29 is 4.79 Å². The molecule has 0 saturated carbocycles. The number of carbonyl (C=O) groups excluding carboxylic acids is 1. The molecule has 0 radical (unpaired) electrons. The van der Waals surface area contributed by atoms with Crippen molar-refractivity contribution in [3.05, 3.63) is 76.0 Å². The second-order valence-corrected chi connectivity index (χ2v) is 7.60. The van der Waals surface area contributed by atoms with Gasteiger partial charge in [-0.05, 0) is 43.2 Å². The predicted octanol–water partition coefficient (Wildman–Crippen LogP) is 5.66. The first-order valence-electron chi connectivity index (χ1n) is 9.07. The first-order chi connectivity index (χ1) is 13.9. The Kier molecular flexibility index (Phi) is 5.26. The van der Waals surface area contributed by atoms with Crippen LogP contribution in [0.25, 0.3) is 22.2 Å². The number of fused-ring (bicyclic) bond motifs is 1. The van der Waals surface area contributed by atoms with Crippen molar-refractivity contribution in [3.8, 4) is 11.1 Å². The molecule has 2 aromatic heterocycles. The summed E-state index contributed by atoms with van der Waals surface area (Å²) >= 11 is 12.2. The summed E-state index contributed by atoms with van der Waals surface area (Å²) in [6.45, 7) is 3.99. The molecule has 0 unspecified atom stereocenters. The Morgan fingerprint density at radius 2 is 1.83 bits per heavy atom. The van der Waals surface area contributed by atoms with Crippen LogP contribution in [0.2, 0.25) is 10.0 Å². The topological polar surface area (TPSA) is 59.8 Å². The van der Waals surface area contributed by atoms with Crippen LogP contribution in [0.1, 0.15) is 11.3 Å². The SMILES string of the molecule is Cc1ccc(-c2ccnc3c2c(C)nn3CC(=O)Nc2cccc(Cl)c2Cl)cc1. The maximum absolute atomic E-state index is 12.6. The third kappa shape index (κ3) is 3.84. The summed E-state index contributed by atoms with van der Waals surface area (Å²) in [6.07, 6.45) is 1.74. The standard InChI is InChI=1S/C22H18Cl2N4O/c1-13-6-8-15(9-7-13)16-10-11-25-22-20(16)14(2)27-28(22)12-19(29)26-18-5-3-4-17(23)21(18)24/h3-11H,12H2,1-2H3,(H,26,29). The average molecular weight is 425 g/mol. The van der Waals surface area contributed by atoms with Gasteiger partial charge in [0.15, 0.2) is 5.65 Å². The van der Waals surface area contributed by atoms with E-state index in [1.807, 2.05) is 13.0 Å². The van der Waals surface area contributed by atoms with Crippen LogP contribution in [-0.2, 0) is 11.3 Å². The minimum Gasteiger partial charge on any atom is -0.323 e. The summed E-state index contributed by atoms with van der Waals surface area (Å²) in [6, 6.07) is 15.4. The van der Waals surface area contributed by atoms with Crippen molar-refractivity contribution in [1.29, 1.82) is 0 Å². The highest BCUT2D eigenvalue weighted by Crippen LogP contribution is 2.31. The van der Waals surface area contributed by atoms with Gasteiger partial charge in [0.2, 0.25) is 5.91 Å². The van der Waals surface area contributed by atoms with E-state index in [1.165, 1.54) is 5.56 Å². The molecule has 0 aliphatic rings.